The van der Waals surface area contributed by atoms with Gasteiger partial charge in [0.25, 0.3) is 0 Å². The van der Waals surface area contributed by atoms with Gasteiger partial charge >= 0.3 is 6.36 Å². The van der Waals surface area contributed by atoms with Gasteiger partial charge in [-0.3, -0.25) is 4.98 Å². The number of aliphatic hydroxyl groups excluding tert-OH is 1. The summed E-state index contributed by atoms with van der Waals surface area (Å²) in [5.74, 6) is 0.249. The molecular formula is C23H22F3NO3. The molecule has 1 heterocycles. The maximum absolute atomic E-state index is 12.6. The summed E-state index contributed by atoms with van der Waals surface area (Å²) in [7, 11) is 0. The predicted molar refractivity (Wildman–Crippen MR) is 107 cm³/mol. The van der Waals surface area contributed by atoms with E-state index in [2.05, 4.69) is 9.72 Å². The zero-order chi connectivity index (χ0) is 21.6. The molecule has 3 aromatic rings. The van der Waals surface area contributed by atoms with E-state index in [1.54, 1.807) is 55.7 Å². The number of rotatable bonds is 8. The molecule has 0 radical (unpaired) electrons. The zero-order valence-electron chi connectivity index (χ0n) is 16.3. The molecule has 0 saturated heterocycles. The molecule has 0 saturated carbocycles. The van der Waals surface area contributed by atoms with Crippen LogP contribution in [0.1, 0.15) is 18.9 Å². The van der Waals surface area contributed by atoms with Gasteiger partial charge in [0.1, 0.15) is 17.6 Å². The van der Waals surface area contributed by atoms with Crippen LogP contribution in [0.4, 0.5) is 13.2 Å². The minimum absolute atomic E-state index is 0.266. The summed E-state index contributed by atoms with van der Waals surface area (Å²) in [6.07, 6.45) is -1.23. The highest BCUT2D eigenvalue weighted by Gasteiger charge is 2.32. The van der Waals surface area contributed by atoms with Gasteiger partial charge in [0.05, 0.1) is 6.10 Å². The smallest absolute Gasteiger partial charge is 0.488 e. The van der Waals surface area contributed by atoms with Crippen molar-refractivity contribution in [1.29, 1.82) is 0 Å². The van der Waals surface area contributed by atoms with E-state index < -0.39 is 18.6 Å². The van der Waals surface area contributed by atoms with Crippen molar-refractivity contribution >= 4 is 0 Å². The van der Waals surface area contributed by atoms with Crippen LogP contribution < -0.4 is 9.47 Å². The fraction of sp³-hybridized carbons (Fsp3) is 0.261. The summed E-state index contributed by atoms with van der Waals surface area (Å²) in [5, 5.41) is 10.3. The molecule has 1 N–H and O–H groups in total. The molecule has 1 unspecified atom stereocenters. The van der Waals surface area contributed by atoms with Crippen molar-refractivity contribution in [3.05, 3.63) is 78.6 Å². The number of nitrogens with zero attached hydrogens (tertiary/aromatic N) is 1. The van der Waals surface area contributed by atoms with Gasteiger partial charge in [0.15, 0.2) is 0 Å². The Morgan fingerprint density at radius 2 is 1.73 bits per heavy atom. The molecule has 0 aliphatic carbocycles. The van der Waals surface area contributed by atoms with Crippen molar-refractivity contribution in [2.45, 2.75) is 38.3 Å². The number of halogens is 3. The second-order valence-electron chi connectivity index (χ2n) is 6.86. The zero-order valence-corrected chi connectivity index (χ0v) is 16.3. The van der Waals surface area contributed by atoms with E-state index in [4.69, 9.17) is 4.74 Å². The minimum atomic E-state index is -4.76. The fourth-order valence-electron chi connectivity index (χ4n) is 3.02. The third-order valence-corrected chi connectivity index (χ3v) is 4.59. The van der Waals surface area contributed by atoms with Crippen LogP contribution in [0, 0.1) is 0 Å². The van der Waals surface area contributed by atoms with Crippen LogP contribution >= 0.6 is 0 Å². The fourth-order valence-corrected chi connectivity index (χ4v) is 3.02. The molecule has 0 aliphatic heterocycles. The lowest BCUT2D eigenvalue weighted by atomic mass is 10.0. The van der Waals surface area contributed by atoms with E-state index in [0.29, 0.717) is 29.7 Å². The minimum Gasteiger partial charge on any atom is -0.488 e. The molecule has 0 amide bonds. The van der Waals surface area contributed by atoms with E-state index in [0.717, 1.165) is 5.56 Å². The monoisotopic (exact) mass is 417 g/mol. The van der Waals surface area contributed by atoms with Gasteiger partial charge in [-0.05, 0) is 55.2 Å². The first-order chi connectivity index (χ1) is 14.3. The molecule has 158 valence electrons. The van der Waals surface area contributed by atoms with Gasteiger partial charge in [0.2, 0.25) is 0 Å². The number of hydrogen-bond donors (Lipinski definition) is 1. The highest BCUT2D eigenvalue weighted by molar-refractivity contribution is 5.70. The van der Waals surface area contributed by atoms with Crippen LogP contribution in [-0.2, 0) is 6.42 Å². The third kappa shape index (κ3) is 6.22. The van der Waals surface area contributed by atoms with Gasteiger partial charge in [-0.2, -0.15) is 0 Å². The van der Waals surface area contributed by atoms with E-state index >= 15 is 0 Å². The van der Waals surface area contributed by atoms with Crippen LogP contribution in [0.5, 0.6) is 11.5 Å². The molecule has 0 aliphatic rings. The molecule has 0 spiro atoms. The molecule has 0 bridgehead atoms. The first kappa shape index (κ1) is 21.6. The maximum Gasteiger partial charge on any atom is 0.573 e. The summed E-state index contributed by atoms with van der Waals surface area (Å²) < 4.78 is 47.8. The maximum atomic E-state index is 12.6. The number of aromatic nitrogens is 1. The number of para-hydroxylation sites is 1. The van der Waals surface area contributed by atoms with Gasteiger partial charge < -0.3 is 14.6 Å². The Labute approximate surface area is 172 Å². The number of aliphatic hydroxyl groups is 1. The summed E-state index contributed by atoms with van der Waals surface area (Å²) in [5.41, 5.74) is 1.92. The van der Waals surface area contributed by atoms with Crippen LogP contribution in [0.2, 0.25) is 0 Å². The molecule has 3 rings (SSSR count). The van der Waals surface area contributed by atoms with Gasteiger partial charge in [-0.15, -0.1) is 13.2 Å². The molecule has 2 aromatic carbocycles. The summed E-state index contributed by atoms with van der Waals surface area (Å²) in [6, 6.07) is 16.4. The van der Waals surface area contributed by atoms with E-state index in [-0.39, 0.29) is 5.75 Å². The number of ether oxygens (including phenoxy) is 2. The van der Waals surface area contributed by atoms with Gasteiger partial charge in [0, 0.05) is 18.0 Å². The Hall–Kier alpha value is -3.06. The summed E-state index contributed by atoms with van der Waals surface area (Å²) in [6.45, 7) is 1.77. The van der Waals surface area contributed by atoms with Gasteiger partial charge in [-0.25, -0.2) is 0 Å². The van der Waals surface area contributed by atoms with Crippen molar-refractivity contribution in [1.82, 2.24) is 4.98 Å². The lowest BCUT2D eigenvalue weighted by Gasteiger charge is -2.21. The van der Waals surface area contributed by atoms with E-state index in [9.17, 15) is 18.3 Å². The average Bonchev–Trinajstić information content (AvgIpc) is 2.72. The van der Waals surface area contributed by atoms with Crippen molar-refractivity contribution < 1.29 is 27.8 Å². The highest BCUT2D eigenvalue weighted by Crippen LogP contribution is 2.34. The van der Waals surface area contributed by atoms with Crippen LogP contribution in [-0.4, -0.2) is 28.7 Å². The van der Waals surface area contributed by atoms with Gasteiger partial charge in [-0.1, -0.05) is 36.4 Å². The van der Waals surface area contributed by atoms with E-state index in [1.165, 1.54) is 12.1 Å². The molecule has 0 fully saturated rings. The van der Waals surface area contributed by atoms with Crippen molar-refractivity contribution in [2.75, 3.05) is 0 Å². The van der Waals surface area contributed by atoms with Crippen molar-refractivity contribution in [3.8, 4) is 22.6 Å². The quantitative estimate of drug-likeness (QED) is 0.533. The summed E-state index contributed by atoms with van der Waals surface area (Å²) >= 11 is 0. The Bertz CT molecular complexity index is 930. The SMILES string of the molecule is CC(Oc1ccc(-c2ccccc2OC(F)(F)F)cc1)[C@H](O)CCc1cccnc1. The molecule has 2 atom stereocenters. The average molecular weight is 417 g/mol. The predicted octanol–water partition coefficient (Wildman–Crippen LogP) is 5.41. The number of hydrogen-bond acceptors (Lipinski definition) is 4. The molecular weight excluding hydrogens is 395 g/mol. The number of pyridine rings is 1. The second kappa shape index (κ2) is 9.63. The molecule has 1 aromatic heterocycles. The normalized spacial score (nSPS) is 13.5. The first-order valence-corrected chi connectivity index (χ1v) is 9.50. The molecule has 30 heavy (non-hydrogen) atoms. The van der Waals surface area contributed by atoms with Crippen LogP contribution in [0.15, 0.2) is 73.1 Å². The van der Waals surface area contributed by atoms with E-state index in [1.807, 2.05) is 12.1 Å². The first-order valence-electron chi connectivity index (χ1n) is 9.50. The Balaban J connectivity index is 1.62. The number of benzene rings is 2. The molecule has 4 nitrogen and oxygen atoms in total. The second-order valence-corrected chi connectivity index (χ2v) is 6.86. The largest absolute Gasteiger partial charge is 0.573 e. The molecule has 7 heteroatoms. The number of aryl methyl sites for hydroxylation is 1. The van der Waals surface area contributed by atoms with Crippen molar-refractivity contribution in [3.63, 3.8) is 0 Å². The Kier molecular flexibility index (Phi) is 6.95. The Morgan fingerprint density at radius 3 is 2.40 bits per heavy atom. The lowest BCUT2D eigenvalue weighted by molar-refractivity contribution is -0.274. The topological polar surface area (TPSA) is 51.6 Å². The standard InChI is InChI=1S/C23H22F3NO3/c1-16(21(28)13-8-17-5-4-14-27-15-17)29-19-11-9-18(10-12-19)20-6-2-3-7-22(20)30-23(24,25)26/h2-7,9-12,14-16,21,28H,8,13H2,1H3/t16?,21-/m1/s1. The highest BCUT2D eigenvalue weighted by atomic mass is 19.4. The lowest BCUT2D eigenvalue weighted by Crippen LogP contribution is -2.29. The van der Waals surface area contributed by atoms with Crippen LogP contribution in [0.3, 0.4) is 0 Å². The van der Waals surface area contributed by atoms with Crippen molar-refractivity contribution in [2.24, 2.45) is 0 Å². The Morgan fingerprint density at radius 1 is 1.00 bits per heavy atom. The third-order valence-electron chi connectivity index (χ3n) is 4.59. The summed E-state index contributed by atoms with van der Waals surface area (Å²) in [4.78, 5) is 4.05. The van der Waals surface area contributed by atoms with Crippen LogP contribution in [0.25, 0.3) is 11.1 Å². The number of alkyl halides is 3.